The highest BCUT2D eigenvalue weighted by Gasteiger charge is 2.42. The Morgan fingerprint density at radius 2 is 1.50 bits per heavy atom. The Kier molecular flexibility index (Phi) is 8.38. The minimum atomic E-state index is -1.16. The fourth-order valence-electron chi connectivity index (χ4n) is 6.14. The maximum atomic E-state index is 13.8. The first-order valence-corrected chi connectivity index (χ1v) is 15.0. The first-order valence-electron chi connectivity index (χ1n) is 15.0. The lowest BCUT2D eigenvalue weighted by molar-refractivity contribution is -0.118. The predicted molar refractivity (Wildman–Crippen MR) is 171 cm³/mol. The van der Waals surface area contributed by atoms with Gasteiger partial charge in [-0.15, -0.1) is 0 Å². The second-order valence-electron chi connectivity index (χ2n) is 11.3. The van der Waals surface area contributed by atoms with E-state index in [4.69, 9.17) is 15.7 Å². The van der Waals surface area contributed by atoms with E-state index >= 15 is 0 Å². The van der Waals surface area contributed by atoms with Gasteiger partial charge in [0.15, 0.2) is 5.82 Å². The number of nitrogens with one attached hydrogen (secondary N) is 2. The number of H-pyrrole nitrogens is 1. The van der Waals surface area contributed by atoms with Crippen molar-refractivity contribution in [1.29, 1.82) is 0 Å². The van der Waals surface area contributed by atoms with Crippen LogP contribution in [0.1, 0.15) is 47.3 Å². The summed E-state index contributed by atoms with van der Waals surface area (Å²) in [5.74, 6) is 0.579. The van der Waals surface area contributed by atoms with Crippen LogP contribution in [0, 0.1) is 5.92 Å². The first-order chi connectivity index (χ1) is 21.4. The third kappa shape index (κ3) is 5.91. The molecule has 224 valence electrons. The Bertz CT molecular complexity index is 1690. The molecule has 5 aromatic rings. The summed E-state index contributed by atoms with van der Waals surface area (Å²) in [5.41, 5.74) is 7.70. The van der Waals surface area contributed by atoms with Gasteiger partial charge in [0, 0.05) is 31.6 Å². The number of nitrogens with two attached hydrogens (primary N) is 1. The molecule has 0 spiro atoms. The largest absolute Gasteiger partial charge is 0.380 e. The van der Waals surface area contributed by atoms with E-state index in [2.05, 4.69) is 10.3 Å². The van der Waals surface area contributed by atoms with Crippen molar-refractivity contribution in [2.24, 2.45) is 11.7 Å². The zero-order chi connectivity index (χ0) is 30.5. The molecular formula is C35H36N6O3. The first kappa shape index (κ1) is 29.1. The number of hydrogen-bond donors (Lipinski definition) is 4. The number of hydrogen-bond acceptors (Lipinski definition) is 6. The second-order valence-corrected chi connectivity index (χ2v) is 11.3. The van der Waals surface area contributed by atoms with Crippen LogP contribution in [0.15, 0.2) is 97.1 Å². The van der Waals surface area contributed by atoms with Crippen molar-refractivity contribution >= 4 is 28.7 Å². The highest BCUT2D eigenvalue weighted by atomic mass is 16.3. The molecule has 9 nitrogen and oxygen atoms in total. The molecule has 1 aliphatic heterocycles. The van der Waals surface area contributed by atoms with E-state index in [9.17, 15) is 14.7 Å². The van der Waals surface area contributed by atoms with Gasteiger partial charge in [0.2, 0.25) is 5.91 Å². The number of benzene rings is 3. The van der Waals surface area contributed by atoms with Crippen molar-refractivity contribution < 1.29 is 14.7 Å². The molecule has 1 saturated heterocycles. The molecule has 0 unspecified atom stereocenters. The van der Waals surface area contributed by atoms with E-state index in [0.29, 0.717) is 67.3 Å². The normalized spacial score (nSPS) is 14.1. The zero-order valence-corrected chi connectivity index (χ0v) is 24.4. The van der Waals surface area contributed by atoms with Crippen LogP contribution in [0.4, 0.5) is 5.82 Å². The summed E-state index contributed by atoms with van der Waals surface area (Å²) in [6.07, 6.45) is 2.13. The summed E-state index contributed by atoms with van der Waals surface area (Å²) >= 11 is 0. The van der Waals surface area contributed by atoms with Crippen LogP contribution < -0.4 is 11.1 Å². The molecule has 3 aromatic carbocycles. The molecule has 5 N–H and O–H groups in total. The predicted octanol–water partition coefficient (Wildman–Crippen LogP) is 5.09. The van der Waals surface area contributed by atoms with Gasteiger partial charge in [-0.25, -0.2) is 9.97 Å². The van der Waals surface area contributed by atoms with E-state index in [0.717, 1.165) is 16.7 Å². The molecule has 2 amide bonds. The summed E-state index contributed by atoms with van der Waals surface area (Å²) in [6, 6.07) is 31.0. The zero-order valence-electron chi connectivity index (χ0n) is 24.4. The smallest absolute Gasteiger partial charge is 0.270 e. The molecule has 6 rings (SSSR count). The van der Waals surface area contributed by atoms with Gasteiger partial charge in [-0.1, -0.05) is 91.0 Å². The van der Waals surface area contributed by atoms with Gasteiger partial charge < -0.3 is 26.0 Å². The van der Waals surface area contributed by atoms with Crippen molar-refractivity contribution in [3.05, 3.63) is 114 Å². The van der Waals surface area contributed by atoms with Gasteiger partial charge in [0.25, 0.3) is 5.91 Å². The molecule has 0 radical (unpaired) electrons. The van der Waals surface area contributed by atoms with Crippen LogP contribution >= 0.6 is 0 Å². The number of aromatic amines is 1. The number of rotatable bonds is 10. The molecule has 9 heteroatoms. The topological polar surface area (TPSA) is 137 Å². The van der Waals surface area contributed by atoms with Crippen LogP contribution in [0.3, 0.4) is 0 Å². The van der Waals surface area contributed by atoms with Crippen molar-refractivity contribution in [2.75, 3.05) is 25.0 Å². The minimum Gasteiger partial charge on any atom is -0.380 e. The van der Waals surface area contributed by atoms with Crippen molar-refractivity contribution in [2.45, 2.75) is 31.3 Å². The fourth-order valence-corrected chi connectivity index (χ4v) is 6.14. The highest BCUT2D eigenvalue weighted by Crippen LogP contribution is 2.42. The number of aliphatic hydroxyl groups is 1. The van der Waals surface area contributed by atoms with Gasteiger partial charge in [-0.2, -0.15) is 0 Å². The van der Waals surface area contributed by atoms with Crippen LogP contribution in [0.2, 0.25) is 0 Å². The molecular weight excluding hydrogens is 552 g/mol. The van der Waals surface area contributed by atoms with E-state index < -0.39 is 5.60 Å². The molecule has 2 aromatic heterocycles. The summed E-state index contributed by atoms with van der Waals surface area (Å²) < 4.78 is 0. The number of nitrogens with zero attached hydrogens (tertiary/aromatic N) is 3. The molecule has 0 atom stereocenters. The van der Waals surface area contributed by atoms with E-state index in [1.807, 2.05) is 95.9 Å². The average Bonchev–Trinajstić information content (AvgIpc) is 3.52. The molecule has 0 bridgehead atoms. The number of amides is 2. The molecule has 44 heavy (non-hydrogen) atoms. The fraction of sp³-hybridized carbons (Fsp3) is 0.257. The molecule has 1 aliphatic rings. The summed E-state index contributed by atoms with van der Waals surface area (Å²) in [5, 5.41) is 16.2. The summed E-state index contributed by atoms with van der Waals surface area (Å²) in [6.45, 7) is 1.52. The maximum absolute atomic E-state index is 13.8. The van der Waals surface area contributed by atoms with Gasteiger partial charge in [0.1, 0.15) is 22.8 Å². The standard InChI is InChI=1S/C35H36N6O3/c36-30(42)17-10-20-37-32-28-23-29(38-33(28)40-31(39-32)24-11-4-1-5-12-24)34(43)41-21-18-27(19-22-41)35(44,25-13-6-2-7-14-25)26-15-8-3-9-16-26/h1-9,11-16,23,27,44H,10,17-22H2,(H2,36,42)(H2,37,38,39,40). The number of likely N-dealkylation sites (tertiary alicyclic amines) is 1. The van der Waals surface area contributed by atoms with Crippen molar-refractivity contribution in [3.63, 3.8) is 0 Å². The number of carbonyl (C=O) groups is 2. The van der Waals surface area contributed by atoms with Crippen LogP contribution in [0.25, 0.3) is 22.4 Å². The lowest BCUT2D eigenvalue weighted by Crippen LogP contribution is -2.46. The monoisotopic (exact) mass is 588 g/mol. The Hall–Kier alpha value is -5.02. The summed E-state index contributed by atoms with van der Waals surface area (Å²) in [4.78, 5) is 39.6. The van der Waals surface area contributed by atoms with Crippen LogP contribution in [-0.2, 0) is 10.4 Å². The Labute approximate surface area is 256 Å². The third-order valence-corrected chi connectivity index (χ3v) is 8.44. The minimum absolute atomic E-state index is 0.0606. The molecule has 3 heterocycles. The molecule has 1 fully saturated rings. The molecule has 0 aliphatic carbocycles. The van der Waals surface area contributed by atoms with E-state index in [1.165, 1.54) is 0 Å². The average molecular weight is 589 g/mol. The van der Waals surface area contributed by atoms with Crippen molar-refractivity contribution in [3.8, 4) is 11.4 Å². The lowest BCUT2D eigenvalue weighted by atomic mass is 9.72. The van der Waals surface area contributed by atoms with Gasteiger partial charge in [0.05, 0.1) is 5.39 Å². The van der Waals surface area contributed by atoms with Gasteiger partial charge in [-0.3, -0.25) is 9.59 Å². The molecule has 0 saturated carbocycles. The van der Waals surface area contributed by atoms with Gasteiger partial charge >= 0.3 is 0 Å². The third-order valence-electron chi connectivity index (χ3n) is 8.44. The Balaban J connectivity index is 1.24. The second kappa shape index (κ2) is 12.7. The number of primary amides is 1. The quantitative estimate of drug-likeness (QED) is 0.168. The van der Waals surface area contributed by atoms with Gasteiger partial charge in [-0.05, 0) is 42.4 Å². The van der Waals surface area contributed by atoms with Crippen molar-refractivity contribution in [1.82, 2.24) is 19.9 Å². The number of aromatic nitrogens is 3. The number of piperidine rings is 1. The summed E-state index contributed by atoms with van der Waals surface area (Å²) in [7, 11) is 0. The van der Waals surface area contributed by atoms with E-state index in [-0.39, 0.29) is 24.2 Å². The SMILES string of the molecule is NC(=O)CCCNc1nc(-c2ccccc2)nc2[nH]c(C(=O)N3CCC(C(O)(c4ccccc4)c4ccccc4)CC3)cc12. The van der Waals surface area contributed by atoms with Crippen LogP contribution in [-0.4, -0.2) is 56.4 Å². The number of anilines is 1. The Morgan fingerprint density at radius 1 is 0.909 bits per heavy atom. The van der Waals surface area contributed by atoms with E-state index in [1.54, 1.807) is 6.07 Å². The highest BCUT2D eigenvalue weighted by molar-refractivity contribution is 6.00. The number of carbonyl (C=O) groups excluding carboxylic acids is 2. The lowest BCUT2D eigenvalue weighted by Gasteiger charge is -2.42. The van der Waals surface area contributed by atoms with Crippen LogP contribution in [0.5, 0.6) is 0 Å². The Morgan fingerprint density at radius 3 is 2.09 bits per heavy atom. The maximum Gasteiger partial charge on any atom is 0.270 e. The number of fused-ring (bicyclic) bond motifs is 1.